The number of carboxylic acid groups (broad SMARTS) is 1. The standard InChI is InChI=1S/C11H8FN3O4/c12-5-1-2-8(16)6(3-5)10(17)13-9-4-7(11(18)19)14-15-9/h1-4,16H,(H,18,19)(H2,13,14,15,17). The smallest absolute Gasteiger partial charge is 0.353 e. The van der Waals surface area contributed by atoms with Crippen LogP contribution in [0, 0.1) is 5.82 Å². The van der Waals surface area contributed by atoms with Gasteiger partial charge in [0, 0.05) is 6.07 Å². The number of carbonyl (C=O) groups is 2. The average molecular weight is 265 g/mol. The summed E-state index contributed by atoms with van der Waals surface area (Å²) in [5.41, 5.74) is -0.487. The molecule has 98 valence electrons. The van der Waals surface area contributed by atoms with E-state index in [4.69, 9.17) is 5.11 Å². The summed E-state index contributed by atoms with van der Waals surface area (Å²) in [6, 6.07) is 3.99. The maximum absolute atomic E-state index is 13.0. The minimum absolute atomic E-state index is 0.0499. The quantitative estimate of drug-likeness (QED) is 0.665. The summed E-state index contributed by atoms with van der Waals surface area (Å²) < 4.78 is 13.0. The van der Waals surface area contributed by atoms with Crippen molar-refractivity contribution in [2.45, 2.75) is 0 Å². The molecule has 1 heterocycles. The molecule has 0 fully saturated rings. The summed E-state index contributed by atoms with van der Waals surface area (Å²) in [7, 11) is 0. The maximum atomic E-state index is 13.0. The van der Waals surface area contributed by atoms with Gasteiger partial charge in [-0.25, -0.2) is 9.18 Å². The lowest BCUT2D eigenvalue weighted by molar-refractivity contribution is 0.0690. The number of hydrogen-bond acceptors (Lipinski definition) is 4. The van der Waals surface area contributed by atoms with Crippen molar-refractivity contribution in [1.29, 1.82) is 0 Å². The predicted molar refractivity (Wildman–Crippen MR) is 61.6 cm³/mol. The number of carbonyl (C=O) groups excluding carboxylic acids is 1. The number of aromatic hydroxyl groups is 1. The van der Waals surface area contributed by atoms with E-state index in [-0.39, 0.29) is 17.1 Å². The van der Waals surface area contributed by atoms with Crippen LogP contribution in [-0.4, -0.2) is 32.3 Å². The molecule has 0 aliphatic rings. The molecule has 1 aromatic carbocycles. The van der Waals surface area contributed by atoms with E-state index in [1.807, 2.05) is 0 Å². The highest BCUT2D eigenvalue weighted by Gasteiger charge is 2.15. The van der Waals surface area contributed by atoms with Gasteiger partial charge in [-0.3, -0.25) is 9.89 Å². The minimum Gasteiger partial charge on any atom is -0.507 e. The van der Waals surface area contributed by atoms with Crippen LogP contribution in [0.2, 0.25) is 0 Å². The summed E-state index contributed by atoms with van der Waals surface area (Å²) in [5, 5.41) is 26.0. The molecule has 1 aromatic heterocycles. The Bertz CT molecular complexity index is 653. The number of benzene rings is 1. The van der Waals surface area contributed by atoms with Gasteiger partial charge in [-0.1, -0.05) is 0 Å². The van der Waals surface area contributed by atoms with Gasteiger partial charge in [-0.15, -0.1) is 0 Å². The van der Waals surface area contributed by atoms with Gasteiger partial charge in [0.2, 0.25) is 0 Å². The van der Waals surface area contributed by atoms with Crippen molar-refractivity contribution in [1.82, 2.24) is 10.2 Å². The first kappa shape index (κ1) is 12.6. The molecular formula is C11H8FN3O4. The van der Waals surface area contributed by atoms with Gasteiger partial charge in [0.05, 0.1) is 5.56 Å². The number of nitrogens with one attached hydrogen (secondary N) is 2. The lowest BCUT2D eigenvalue weighted by Gasteiger charge is -2.04. The number of H-pyrrole nitrogens is 1. The van der Waals surface area contributed by atoms with Gasteiger partial charge in [0.25, 0.3) is 5.91 Å². The summed E-state index contributed by atoms with van der Waals surface area (Å²) in [4.78, 5) is 22.3. The van der Waals surface area contributed by atoms with Gasteiger partial charge in [0.15, 0.2) is 5.82 Å². The van der Waals surface area contributed by atoms with E-state index in [1.165, 1.54) is 0 Å². The number of aromatic carboxylic acids is 1. The number of aromatic nitrogens is 2. The molecule has 0 aliphatic carbocycles. The zero-order valence-electron chi connectivity index (χ0n) is 9.35. The molecule has 1 amide bonds. The second kappa shape index (κ2) is 4.77. The molecule has 0 radical (unpaired) electrons. The van der Waals surface area contributed by atoms with E-state index >= 15 is 0 Å². The van der Waals surface area contributed by atoms with Gasteiger partial charge in [-0.2, -0.15) is 5.10 Å². The molecule has 7 nitrogen and oxygen atoms in total. The molecule has 0 aliphatic heterocycles. The van der Waals surface area contributed by atoms with E-state index in [0.717, 1.165) is 24.3 Å². The van der Waals surface area contributed by atoms with Crippen molar-refractivity contribution in [3.63, 3.8) is 0 Å². The highest BCUT2D eigenvalue weighted by Crippen LogP contribution is 2.19. The molecule has 0 saturated carbocycles. The number of amides is 1. The minimum atomic E-state index is -1.23. The molecule has 19 heavy (non-hydrogen) atoms. The van der Waals surface area contributed by atoms with E-state index < -0.39 is 23.4 Å². The monoisotopic (exact) mass is 265 g/mol. The topological polar surface area (TPSA) is 115 Å². The Labute approximate surface area is 105 Å². The number of aromatic amines is 1. The molecule has 0 saturated heterocycles. The summed E-state index contributed by atoms with van der Waals surface area (Å²) in [6.07, 6.45) is 0. The normalized spacial score (nSPS) is 10.2. The molecule has 2 rings (SSSR count). The number of rotatable bonds is 3. The highest BCUT2D eigenvalue weighted by molar-refractivity contribution is 6.06. The van der Waals surface area contributed by atoms with Crippen LogP contribution in [0.3, 0.4) is 0 Å². The molecule has 4 N–H and O–H groups in total. The molecule has 0 unspecified atom stereocenters. The second-order valence-corrected chi connectivity index (χ2v) is 3.59. The van der Waals surface area contributed by atoms with Crippen LogP contribution in [0.15, 0.2) is 24.3 Å². The SMILES string of the molecule is O=C(O)c1cc(NC(=O)c2cc(F)ccc2O)n[nH]1. The summed E-state index contributed by atoms with van der Waals surface area (Å²) in [5.74, 6) is -3.17. The molecular weight excluding hydrogens is 257 g/mol. The zero-order valence-corrected chi connectivity index (χ0v) is 9.35. The number of phenolic OH excluding ortho intramolecular Hbond substituents is 1. The molecule has 0 spiro atoms. The Morgan fingerprint density at radius 2 is 2.05 bits per heavy atom. The highest BCUT2D eigenvalue weighted by atomic mass is 19.1. The van der Waals surface area contributed by atoms with Crippen molar-refractivity contribution in [2.24, 2.45) is 0 Å². The summed E-state index contributed by atoms with van der Waals surface area (Å²) in [6.45, 7) is 0. The lowest BCUT2D eigenvalue weighted by Crippen LogP contribution is -2.12. The Balaban J connectivity index is 2.20. The molecule has 2 aromatic rings. The Kier molecular flexibility index (Phi) is 3.15. The number of anilines is 1. The zero-order chi connectivity index (χ0) is 14.0. The van der Waals surface area contributed by atoms with Crippen LogP contribution in [0.1, 0.15) is 20.8 Å². The Morgan fingerprint density at radius 1 is 1.32 bits per heavy atom. The number of nitrogens with zero attached hydrogens (tertiary/aromatic N) is 1. The first-order valence-corrected chi connectivity index (χ1v) is 5.06. The second-order valence-electron chi connectivity index (χ2n) is 3.59. The number of hydrogen-bond donors (Lipinski definition) is 4. The van der Waals surface area contributed by atoms with Crippen molar-refractivity contribution < 1.29 is 24.2 Å². The third-order valence-corrected chi connectivity index (χ3v) is 2.25. The first-order valence-electron chi connectivity index (χ1n) is 5.06. The van der Waals surface area contributed by atoms with Crippen molar-refractivity contribution >= 4 is 17.7 Å². The fourth-order valence-corrected chi connectivity index (χ4v) is 1.37. The van der Waals surface area contributed by atoms with E-state index in [9.17, 15) is 19.1 Å². The number of carboxylic acids is 1. The third-order valence-electron chi connectivity index (χ3n) is 2.25. The van der Waals surface area contributed by atoms with Crippen molar-refractivity contribution in [3.05, 3.63) is 41.3 Å². The van der Waals surface area contributed by atoms with Crippen LogP contribution in [0.4, 0.5) is 10.2 Å². The number of phenols is 1. The summed E-state index contributed by atoms with van der Waals surface area (Å²) >= 11 is 0. The van der Waals surface area contributed by atoms with Crippen LogP contribution in [0.25, 0.3) is 0 Å². The van der Waals surface area contributed by atoms with Crippen LogP contribution in [0.5, 0.6) is 5.75 Å². The van der Waals surface area contributed by atoms with Gasteiger partial charge < -0.3 is 15.5 Å². The average Bonchev–Trinajstić information content (AvgIpc) is 2.80. The van der Waals surface area contributed by atoms with Gasteiger partial charge in [-0.05, 0) is 18.2 Å². The Hall–Kier alpha value is -2.90. The fraction of sp³-hybridized carbons (Fsp3) is 0. The van der Waals surface area contributed by atoms with Crippen LogP contribution in [-0.2, 0) is 0 Å². The first-order chi connectivity index (χ1) is 8.97. The maximum Gasteiger partial charge on any atom is 0.353 e. The molecule has 0 atom stereocenters. The predicted octanol–water partition coefficient (Wildman–Crippen LogP) is 1.20. The largest absolute Gasteiger partial charge is 0.507 e. The van der Waals surface area contributed by atoms with E-state index in [0.29, 0.717) is 0 Å². The van der Waals surface area contributed by atoms with E-state index in [2.05, 4.69) is 15.5 Å². The third kappa shape index (κ3) is 2.68. The van der Waals surface area contributed by atoms with Gasteiger partial charge in [0.1, 0.15) is 17.3 Å². The fourth-order valence-electron chi connectivity index (χ4n) is 1.37. The Morgan fingerprint density at radius 3 is 2.68 bits per heavy atom. The van der Waals surface area contributed by atoms with Gasteiger partial charge >= 0.3 is 5.97 Å². The molecule has 8 heteroatoms. The number of halogens is 1. The lowest BCUT2D eigenvalue weighted by atomic mass is 10.2. The van der Waals surface area contributed by atoms with Crippen LogP contribution < -0.4 is 5.32 Å². The van der Waals surface area contributed by atoms with Crippen molar-refractivity contribution in [3.8, 4) is 5.75 Å². The molecule has 0 bridgehead atoms. The van der Waals surface area contributed by atoms with Crippen LogP contribution >= 0.6 is 0 Å². The van der Waals surface area contributed by atoms with Crippen molar-refractivity contribution in [2.75, 3.05) is 5.32 Å². The van der Waals surface area contributed by atoms with E-state index in [1.54, 1.807) is 0 Å².